The van der Waals surface area contributed by atoms with E-state index < -0.39 is 11.4 Å². The van der Waals surface area contributed by atoms with Crippen molar-refractivity contribution < 1.29 is 19.4 Å². The number of aliphatic carboxylic acids is 1. The summed E-state index contributed by atoms with van der Waals surface area (Å²) in [5.74, 6) is 0.0251. The maximum absolute atomic E-state index is 12.8. The van der Waals surface area contributed by atoms with Crippen LogP contribution in [0.2, 0.25) is 0 Å². The van der Waals surface area contributed by atoms with Gasteiger partial charge in [0.1, 0.15) is 5.41 Å². The van der Waals surface area contributed by atoms with E-state index in [1.165, 1.54) is 32.8 Å². The average Bonchev–Trinajstić information content (AvgIpc) is 3.14. The summed E-state index contributed by atoms with van der Waals surface area (Å²) in [4.78, 5) is 26.1. The number of amides is 1. The zero-order valence-corrected chi connectivity index (χ0v) is 13.8. The molecular formula is C17H29NO4. The number of rotatable bonds is 7. The molecule has 5 heteroatoms. The minimum absolute atomic E-state index is 0.0511. The van der Waals surface area contributed by atoms with Crippen LogP contribution in [-0.2, 0) is 14.3 Å². The molecule has 1 saturated carbocycles. The molecule has 2 rings (SSSR count). The molecule has 1 heterocycles. The number of carboxylic acids is 1. The number of hydrogen-bond acceptors (Lipinski definition) is 3. The predicted octanol–water partition coefficient (Wildman–Crippen LogP) is 2.54. The van der Waals surface area contributed by atoms with Crippen LogP contribution in [0.4, 0.5) is 0 Å². The molecule has 1 amide bonds. The van der Waals surface area contributed by atoms with E-state index in [1.807, 2.05) is 0 Å². The second-order valence-corrected chi connectivity index (χ2v) is 7.02. The van der Waals surface area contributed by atoms with Crippen molar-refractivity contribution in [2.45, 2.75) is 51.9 Å². The number of ether oxygens (including phenoxy) is 1. The average molecular weight is 311 g/mol. The molecule has 2 unspecified atom stereocenters. The van der Waals surface area contributed by atoms with Crippen LogP contribution in [0.1, 0.15) is 51.9 Å². The fourth-order valence-electron chi connectivity index (χ4n) is 4.04. The summed E-state index contributed by atoms with van der Waals surface area (Å²) in [5, 5.41) is 9.50. The number of likely N-dealkylation sites (tertiary alicyclic amines) is 1. The number of carboxylic acid groups (broad SMARTS) is 1. The van der Waals surface area contributed by atoms with E-state index in [9.17, 15) is 14.7 Å². The van der Waals surface area contributed by atoms with Gasteiger partial charge in [0.25, 0.3) is 0 Å². The van der Waals surface area contributed by atoms with E-state index in [0.717, 1.165) is 12.8 Å². The van der Waals surface area contributed by atoms with Crippen LogP contribution in [0.15, 0.2) is 0 Å². The topological polar surface area (TPSA) is 66.8 Å². The summed E-state index contributed by atoms with van der Waals surface area (Å²) in [6, 6.07) is 0. The van der Waals surface area contributed by atoms with E-state index in [4.69, 9.17) is 4.74 Å². The molecule has 0 aromatic carbocycles. The molecule has 1 N–H and O–H groups in total. The van der Waals surface area contributed by atoms with E-state index in [1.54, 1.807) is 4.90 Å². The molecule has 126 valence electrons. The van der Waals surface area contributed by atoms with Crippen LogP contribution >= 0.6 is 0 Å². The van der Waals surface area contributed by atoms with Gasteiger partial charge in [-0.15, -0.1) is 0 Å². The summed E-state index contributed by atoms with van der Waals surface area (Å²) in [6.07, 6.45) is 7.36. The van der Waals surface area contributed by atoms with Crippen molar-refractivity contribution in [3.8, 4) is 0 Å². The molecule has 2 fully saturated rings. The van der Waals surface area contributed by atoms with Gasteiger partial charge in [-0.1, -0.05) is 32.6 Å². The first kappa shape index (κ1) is 17.3. The fourth-order valence-corrected chi connectivity index (χ4v) is 4.04. The monoisotopic (exact) mass is 311 g/mol. The SMILES string of the molecule is CCC(CC1CCCC1)C(=O)N1CCC(COC)(C(=O)O)C1. The third-order valence-corrected chi connectivity index (χ3v) is 5.47. The van der Waals surface area contributed by atoms with E-state index in [2.05, 4.69) is 6.92 Å². The summed E-state index contributed by atoms with van der Waals surface area (Å²) in [5.41, 5.74) is -0.921. The standard InChI is InChI=1S/C17H29NO4/c1-3-14(10-13-6-4-5-7-13)15(19)18-9-8-17(11-18,12-22-2)16(20)21/h13-14H,3-12H2,1-2H3,(H,20,21). The van der Waals surface area contributed by atoms with Crippen LogP contribution in [-0.4, -0.2) is 48.7 Å². The molecule has 0 bridgehead atoms. The molecule has 0 aromatic rings. The van der Waals surface area contributed by atoms with Gasteiger partial charge in [-0.2, -0.15) is 0 Å². The van der Waals surface area contributed by atoms with Gasteiger partial charge in [-0.3, -0.25) is 9.59 Å². The highest BCUT2D eigenvalue weighted by Crippen LogP contribution is 2.35. The minimum atomic E-state index is -0.921. The zero-order valence-electron chi connectivity index (χ0n) is 13.8. The van der Waals surface area contributed by atoms with Gasteiger partial charge in [-0.05, 0) is 25.2 Å². The molecule has 0 aromatic heterocycles. The number of hydrogen-bond donors (Lipinski definition) is 1. The molecule has 0 spiro atoms. The molecule has 5 nitrogen and oxygen atoms in total. The van der Waals surface area contributed by atoms with E-state index in [-0.39, 0.29) is 25.0 Å². The highest BCUT2D eigenvalue weighted by Gasteiger charge is 2.47. The molecule has 1 saturated heterocycles. The minimum Gasteiger partial charge on any atom is -0.481 e. The Kier molecular flexibility index (Phi) is 5.84. The molecule has 2 atom stereocenters. The fraction of sp³-hybridized carbons (Fsp3) is 0.882. The second kappa shape index (κ2) is 7.44. The van der Waals surface area contributed by atoms with Crippen molar-refractivity contribution in [1.82, 2.24) is 4.90 Å². The van der Waals surface area contributed by atoms with Crippen LogP contribution in [0.3, 0.4) is 0 Å². The van der Waals surface area contributed by atoms with Crippen LogP contribution in [0.25, 0.3) is 0 Å². The zero-order chi connectivity index (χ0) is 16.2. The summed E-state index contributed by atoms with van der Waals surface area (Å²) in [7, 11) is 1.52. The van der Waals surface area contributed by atoms with Gasteiger partial charge in [0, 0.05) is 26.1 Å². The van der Waals surface area contributed by atoms with Crippen LogP contribution in [0, 0.1) is 17.3 Å². The van der Waals surface area contributed by atoms with Gasteiger partial charge >= 0.3 is 5.97 Å². The molecule has 22 heavy (non-hydrogen) atoms. The Hall–Kier alpha value is -1.10. The van der Waals surface area contributed by atoms with Gasteiger partial charge in [0.2, 0.25) is 5.91 Å². The largest absolute Gasteiger partial charge is 0.481 e. The Morgan fingerprint density at radius 3 is 2.59 bits per heavy atom. The van der Waals surface area contributed by atoms with Crippen molar-refractivity contribution in [2.75, 3.05) is 26.8 Å². The number of methoxy groups -OCH3 is 1. The Labute approximate surface area is 133 Å². The quantitative estimate of drug-likeness (QED) is 0.784. The molecule has 0 radical (unpaired) electrons. The first-order chi connectivity index (χ1) is 10.5. The lowest BCUT2D eigenvalue weighted by Crippen LogP contribution is -2.41. The first-order valence-electron chi connectivity index (χ1n) is 8.53. The van der Waals surface area contributed by atoms with E-state index in [0.29, 0.717) is 18.9 Å². The second-order valence-electron chi connectivity index (χ2n) is 7.02. The lowest BCUT2D eigenvalue weighted by Gasteiger charge is -2.27. The lowest BCUT2D eigenvalue weighted by atomic mass is 9.88. The Morgan fingerprint density at radius 1 is 1.36 bits per heavy atom. The maximum atomic E-state index is 12.8. The van der Waals surface area contributed by atoms with Crippen LogP contribution in [0.5, 0.6) is 0 Å². The number of carbonyl (C=O) groups excluding carboxylic acids is 1. The number of carbonyl (C=O) groups is 2. The van der Waals surface area contributed by atoms with Crippen molar-refractivity contribution in [3.05, 3.63) is 0 Å². The Balaban J connectivity index is 1.97. The third-order valence-electron chi connectivity index (χ3n) is 5.47. The summed E-state index contributed by atoms with van der Waals surface area (Å²) < 4.78 is 5.09. The summed E-state index contributed by atoms with van der Waals surface area (Å²) >= 11 is 0. The van der Waals surface area contributed by atoms with Crippen molar-refractivity contribution in [1.29, 1.82) is 0 Å². The lowest BCUT2D eigenvalue weighted by molar-refractivity contribution is -0.152. The van der Waals surface area contributed by atoms with Gasteiger partial charge < -0.3 is 14.7 Å². The molecule has 1 aliphatic carbocycles. The first-order valence-corrected chi connectivity index (χ1v) is 8.53. The summed E-state index contributed by atoms with van der Waals surface area (Å²) in [6.45, 7) is 3.06. The van der Waals surface area contributed by atoms with Crippen LogP contribution < -0.4 is 0 Å². The molecular weight excluding hydrogens is 282 g/mol. The maximum Gasteiger partial charge on any atom is 0.313 e. The van der Waals surface area contributed by atoms with Crippen molar-refractivity contribution >= 4 is 11.9 Å². The normalized spacial score (nSPS) is 27.3. The predicted molar refractivity (Wildman–Crippen MR) is 83.5 cm³/mol. The van der Waals surface area contributed by atoms with Crippen molar-refractivity contribution in [3.63, 3.8) is 0 Å². The van der Waals surface area contributed by atoms with Gasteiger partial charge in [0.15, 0.2) is 0 Å². The highest BCUT2D eigenvalue weighted by molar-refractivity contribution is 5.82. The van der Waals surface area contributed by atoms with E-state index >= 15 is 0 Å². The van der Waals surface area contributed by atoms with Gasteiger partial charge in [-0.25, -0.2) is 0 Å². The molecule has 2 aliphatic rings. The van der Waals surface area contributed by atoms with Crippen molar-refractivity contribution in [2.24, 2.45) is 17.3 Å². The Bertz CT molecular complexity index is 405. The molecule has 1 aliphatic heterocycles. The Morgan fingerprint density at radius 2 is 2.05 bits per heavy atom. The number of nitrogens with zero attached hydrogens (tertiary/aromatic N) is 1. The highest BCUT2D eigenvalue weighted by atomic mass is 16.5. The smallest absolute Gasteiger partial charge is 0.313 e. The van der Waals surface area contributed by atoms with Gasteiger partial charge in [0.05, 0.1) is 6.61 Å². The third kappa shape index (κ3) is 3.62.